The van der Waals surface area contributed by atoms with E-state index in [2.05, 4.69) is 24.5 Å². The van der Waals surface area contributed by atoms with Crippen LogP contribution in [0.5, 0.6) is 0 Å². The lowest BCUT2D eigenvalue weighted by atomic mass is 9.96. The second-order valence-electron chi connectivity index (χ2n) is 7.57. The first-order valence-electron chi connectivity index (χ1n) is 9.50. The first-order chi connectivity index (χ1) is 11.7. The summed E-state index contributed by atoms with van der Waals surface area (Å²) in [5, 5.41) is 7.24. The summed E-state index contributed by atoms with van der Waals surface area (Å²) in [6, 6.07) is -0.0527. The molecule has 7 heteroatoms. The van der Waals surface area contributed by atoms with Crippen LogP contribution in [-0.2, 0) is 9.59 Å². The van der Waals surface area contributed by atoms with E-state index >= 15 is 0 Å². The van der Waals surface area contributed by atoms with Crippen molar-refractivity contribution in [3.63, 3.8) is 0 Å². The lowest BCUT2D eigenvalue weighted by Gasteiger charge is -2.32. The van der Waals surface area contributed by atoms with Crippen molar-refractivity contribution in [3.8, 4) is 0 Å². The van der Waals surface area contributed by atoms with Gasteiger partial charge in [-0.3, -0.25) is 16.5 Å². The Kier molecular flexibility index (Phi) is 11.8. The summed E-state index contributed by atoms with van der Waals surface area (Å²) < 4.78 is 0. The van der Waals surface area contributed by atoms with Crippen LogP contribution in [0.3, 0.4) is 0 Å². The molecular weight excluding hydrogens is 318 g/mol. The average molecular weight is 358 g/mol. The van der Waals surface area contributed by atoms with Crippen LogP contribution in [0.15, 0.2) is 0 Å². The van der Waals surface area contributed by atoms with Gasteiger partial charge in [0.05, 0.1) is 12.6 Å². The van der Waals surface area contributed by atoms with Gasteiger partial charge in [-0.05, 0) is 25.7 Å². The summed E-state index contributed by atoms with van der Waals surface area (Å²) in [4.78, 5) is 24.2. The standard InChI is InChI=1S/C18H39N5O2/c1-6-8-10-15(11-9-7-2)21-16(14(3)4)17(25)22-18(5,13-24)12-23(19)20/h13-16,21H,6-12,19-20H2,1-5H3,(H,22,25). The van der Waals surface area contributed by atoms with Crippen molar-refractivity contribution in [3.05, 3.63) is 0 Å². The smallest absolute Gasteiger partial charge is 0.238 e. The van der Waals surface area contributed by atoms with E-state index < -0.39 is 5.54 Å². The van der Waals surface area contributed by atoms with Crippen molar-refractivity contribution in [2.24, 2.45) is 17.6 Å². The highest BCUT2D eigenvalue weighted by Crippen LogP contribution is 2.13. The predicted molar refractivity (Wildman–Crippen MR) is 102 cm³/mol. The molecule has 0 aliphatic rings. The van der Waals surface area contributed by atoms with Gasteiger partial charge in [-0.15, -0.1) is 0 Å². The lowest BCUT2D eigenvalue weighted by molar-refractivity contribution is -0.129. The Morgan fingerprint density at radius 3 is 2.04 bits per heavy atom. The summed E-state index contributed by atoms with van der Waals surface area (Å²) in [6.45, 7) is 10.0. The molecule has 0 saturated carbocycles. The third-order valence-electron chi connectivity index (χ3n) is 4.36. The molecule has 0 radical (unpaired) electrons. The number of unbranched alkanes of at least 4 members (excludes halogenated alkanes) is 2. The van der Waals surface area contributed by atoms with E-state index in [-0.39, 0.29) is 24.4 Å². The van der Waals surface area contributed by atoms with E-state index in [4.69, 9.17) is 11.7 Å². The van der Waals surface area contributed by atoms with Gasteiger partial charge in [-0.1, -0.05) is 53.4 Å². The van der Waals surface area contributed by atoms with Crippen molar-refractivity contribution in [2.75, 3.05) is 6.54 Å². The number of nitrogens with one attached hydrogen (secondary N) is 2. The molecule has 0 bridgehead atoms. The minimum atomic E-state index is -1.11. The molecule has 0 fully saturated rings. The third-order valence-corrected chi connectivity index (χ3v) is 4.36. The van der Waals surface area contributed by atoms with Crippen molar-refractivity contribution in [1.29, 1.82) is 0 Å². The SMILES string of the molecule is CCCCC(CCCC)NC(C(=O)NC(C)(C=O)CN(N)N)C(C)C. The number of hydrazine groups is 2. The van der Waals surface area contributed by atoms with Crippen LogP contribution in [-0.4, -0.2) is 41.5 Å². The number of nitrogens with two attached hydrogens (primary N) is 2. The zero-order chi connectivity index (χ0) is 19.5. The van der Waals surface area contributed by atoms with Crippen molar-refractivity contribution >= 4 is 12.2 Å². The molecule has 148 valence electrons. The summed E-state index contributed by atoms with van der Waals surface area (Å²) >= 11 is 0. The van der Waals surface area contributed by atoms with Crippen LogP contribution in [0, 0.1) is 5.92 Å². The summed E-state index contributed by atoms with van der Waals surface area (Å²) in [6.07, 6.45) is 7.32. The molecule has 0 aromatic heterocycles. The van der Waals surface area contributed by atoms with Crippen LogP contribution in [0.1, 0.15) is 73.1 Å². The second kappa shape index (κ2) is 12.4. The monoisotopic (exact) mass is 357 g/mol. The molecular formula is C18H39N5O2. The predicted octanol–water partition coefficient (Wildman–Crippen LogP) is 1.47. The minimum absolute atomic E-state index is 0.0438. The zero-order valence-electron chi connectivity index (χ0n) is 16.7. The average Bonchev–Trinajstić information content (AvgIpc) is 2.52. The Labute approximate surface area is 153 Å². The Morgan fingerprint density at radius 2 is 1.68 bits per heavy atom. The second-order valence-corrected chi connectivity index (χ2v) is 7.57. The van der Waals surface area contributed by atoms with Crippen molar-refractivity contribution in [2.45, 2.75) is 90.8 Å². The molecule has 0 aromatic rings. The maximum atomic E-state index is 12.8. The molecule has 7 nitrogen and oxygen atoms in total. The van der Waals surface area contributed by atoms with Gasteiger partial charge in [0.2, 0.25) is 5.91 Å². The highest BCUT2D eigenvalue weighted by atomic mass is 16.2. The number of aldehydes is 1. The van der Waals surface area contributed by atoms with Crippen LogP contribution < -0.4 is 22.3 Å². The fourth-order valence-electron chi connectivity index (χ4n) is 2.88. The van der Waals surface area contributed by atoms with Gasteiger partial charge in [0.25, 0.3) is 0 Å². The van der Waals surface area contributed by atoms with E-state index in [1.165, 1.54) is 0 Å². The third kappa shape index (κ3) is 9.89. The van der Waals surface area contributed by atoms with Crippen LogP contribution in [0.2, 0.25) is 0 Å². The molecule has 0 aliphatic carbocycles. The number of carbonyl (C=O) groups excluding carboxylic acids is 2. The molecule has 6 N–H and O–H groups in total. The van der Waals surface area contributed by atoms with Crippen LogP contribution in [0.4, 0.5) is 0 Å². The molecule has 2 atom stereocenters. The van der Waals surface area contributed by atoms with E-state index in [0.29, 0.717) is 12.3 Å². The lowest BCUT2D eigenvalue weighted by Crippen LogP contribution is -2.62. The molecule has 0 rings (SSSR count). The first-order valence-corrected chi connectivity index (χ1v) is 9.50. The van der Waals surface area contributed by atoms with E-state index in [9.17, 15) is 9.59 Å². The van der Waals surface area contributed by atoms with E-state index in [1.54, 1.807) is 6.92 Å². The van der Waals surface area contributed by atoms with Crippen molar-refractivity contribution < 1.29 is 9.59 Å². The maximum Gasteiger partial charge on any atom is 0.238 e. The molecule has 2 unspecified atom stereocenters. The summed E-state index contributed by atoms with van der Waals surface area (Å²) in [5.41, 5.74) is -1.11. The summed E-state index contributed by atoms with van der Waals surface area (Å²) in [5.74, 6) is 10.8. The highest BCUT2D eigenvalue weighted by Gasteiger charge is 2.32. The van der Waals surface area contributed by atoms with Gasteiger partial charge in [-0.2, -0.15) is 5.12 Å². The molecule has 0 heterocycles. The number of hydrogen-bond donors (Lipinski definition) is 4. The zero-order valence-corrected chi connectivity index (χ0v) is 16.7. The molecule has 25 heavy (non-hydrogen) atoms. The molecule has 0 aliphatic heterocycles. The minimum Gasteiger partial charge on any atom is -0.341 e. The van der Waals surface area contributed by atoms with Gasteiger partial charge in [0, 0.05) is 6.04 Å². The Morgan fingerprint density at radius 1 is 1.16 bits per heavy atom. The van der Waals surface area contributed by atoms with Crippen LogP contribution in [0.25, 0.3) is 0 Å². The molecule has 0 spiro atoms. The Hall–Kier alpha value is -1.02. The maximum absolute atomic E-state index is 12.8. The van der Waals surface area contributed by atoms with Gasteiger partial charge >= 0.3 is 0 Å². The number of amides is 1. The summed E-state index contributed by atoms with van der Waals surface area (Å²) in [7, 11) is 0. The Balaban J connectivity index is 5.03. The largest absolute Gasteiger partial charge is 0.341 e. The van der Waals surface area contributed by atoms with Crippen molar-refractivity contribution in [1.82, 2.24) is 15.8 Å². The molecule has 1 amide bonds. The van der Waals surface area contributed by atoms with E-state index in [0.717, 1.165) is 43.6 Å². The first kappa shape index (κ1) is 24.0. The highest BCUT2D eigenvalue weighted by molar-refractivity contribution is 5.86. The normalized spacial score (nSPS) is 15.4. The quantitative estimate of drug-likeness (QED) is 0.213. The number of nitrogens with zero attached hydrogens (tertiary/aromatic N) is 1. The number of carbonyl (C=O) groups is 2. The van der Waals surface area contributed by atoms with Gasteiger partial charge in [0.1, 0.15) is 11.8 Å². The molecule has 0 saturated heterocycles. The van der Waals surface area contributed by atoms with Gasteiger partial charge in [-0.25, -0.2) is 0 Å². The van der Waals surface area contributed by atoms with Gasteiger partial charge < -0.3 is 15.4 Å². The fourth-order valence-corrected chi connectivity index (χ4v) is 2.88. The molecule has 0 aromatic carbocycles. The van der Waals surface area contributed by atoms with E-state index in [1.807, 2.05) is 13.8 Å². The number of hydrogen-bond acceptors (Lipinski definition) is 6. The Bertz CT molecular complexity index is 382. The topological polar surface area (TPSA) is 113 Å². The van der Waals surface area contributed by atoms with Gasteiger partial charge in [0.15, 0.2) is 0 Å². The van der Waals surface area contributed by atoms with Crippen LogP contribution >= 0.6 is 0 Å². The fraction of sp³-hybridized carbons (Fsp3) is 0.889. The number of rotatable bonds is 14.